The molecule has 1 fully saturated rings. The predicted octanol–water partition coefficient (Wildman–Crippen LogP) is 1.16. The largest absolute Gasteiger partial charge is 0.380 e. The van der Waals surface area contributed by atoms with Crippen molar-refractivity contribution in [2.75, 3.05) is 39.9 Å². The van der Waals surface area contributed by atoms with E-state index in [-0.39, 0.29) is 11.8 Å². The number of primary amides is 1. The molecule has 1 aliphatic rings. The van der Waals surface area contributed by atoms with Gasteiger partial charge in [0.1, 0.15) is 0 Å². The van der Waals surface area contributed by atoms with Crippen molar-refractivity contribution in [2.45, 2.75) is 0 Å². The number of aromatic nitrogens is 1. The second-order valence-corrected chi connectivity index (χ2v) is 6.79. The normalized spacial score (nSPS) is 17.9. The molecule has 7 heteroatoms. The van der Waals surface area contributed by atoms with Crippen molar-refractivity contribution in [3.05, 3.63) is 53.7 Å². The van der Waals surface area contributed by atoms with Gasteiger partial charge in [-0.2, -0.15) is 0 Å². The molecule has 3 N–H and O–H groups in total. The lowest BCUT2D eigenvalue weighted by Gasteiger charge is -2.19. The van der Waals surface area contributed by atoms with Gasteiger partial charge in [0, 0.05) is 42.9 Å². The SMILES string of the molecule is CN1CCOC[C@@H](CNC(=O)c2cccc(-c3ccc(C(N)=O)cn3)c2)C1. The first-order valence-electron chi connectivity index (χ1n) is 8.93. The fraction of sp³-hybridized carbons (Fsp3) is 0.350. The van der Waals surface area contributed by atoms with E-state index in [1.165, 1.54) is 6.20 Å². The van der Waals surface area contributed by atoms with Gasteiger partial charge in [-0.1, -0.05) is 12.1 Å². The van der Waals surface area contributed by atoms with Crippen molar-refractivity contribution < 1.29 is 14.3 Å². The first-order chi connectivity index (χ1) is 13.0. The molecule has 3 rings (SSSR count). The first kappa shape index (κ1) is 19.0. The van der Waals surface area contributed by atoms with Gasteiger partial charge >= 0.3 is 0 Å². The maximum absolute atomic E-state index is 12.5. The molecule has 142 valence electrons. The molecular weight excluding hydrogens is 344 g/mol. The molecule has 7 nitrogen and oxygen atoms in total. The Labute approximate surface area is 158 Å². The Balaban J connectivity index is 1.65. The molecular formula is C20H24N4O3. The third-order valence-electron chi connectivity index (χ3n) is 4.56. The molecule has 0 aliphatic carbocycles. The predicted molar refractivity (Wildman–Crippen MR) is 102 cm³/mol. The van der Waals surface area contributed by atoms with Gasteiger partial charge in [0.25, 0.3) is 5.91 Å². The Hall–Kier alpha value is -2.77. The molecule has 1 saturated heterocycles. The maximum atomic E-state index is 12.5. The zero-order valence-electron chi connectivity index (χ0n) is 15.4. The number of nitrogens with one attached hydrogen (secondary N) is 1. The van der Waals surface area contributed by atoms with Crippen LogP contribution in [0.3, 0.4) is 0 Å². The van der Waals surface area contributed by atoms with Crippen LogP contribution >= 0.6 is 0 Å². The highest BCUT2D eigenvalue weighted by Crippen LogP contribution is 2.18. The van der Waals surface area contributed by atoms with Gasteiger partial charge < -0.3 is 20.7 Å². The molecule has 1 aromatic carbocycles. The van der Waals surface area contributed by atoms with E-state index in [2.05, 4.69) is 22.2 Å². The van der Waals surface area contributed by atoms with Crippen molar-refractivity contribution in [3.63, 3.8) is 0 Å². The van der Waals surface area contributed by atoms with E-state index in [0.717, 1.165) is 25.3 Å². The van der Waals surface area contributed by atoms with Gasteiger partial charge in [0.2, 0.25) is 5.91 Å². The van der Waals surface area contributed by atoms with Crippen molar-refractivity contribution in [1.29, 1.82) is 0 Å². The number of hydrogen-bond donors (Lipinski definition) is 2. The molecule has 0 unspecified atom stereocenters. The minimum absolute atomic E-state index is 0.127. The van der Waals surface area contributed by atoms with Crippen molar-refractivity contribution in [3.8, 4) is 11.3 Å². The van der Waals surface area contributed by atoms with Gasteiger partial charge in [0.15, 0.2) is 0 Å². The number of rotatable bonds is 5. The van der Waals surface area contributed by atoms with Gasteiger partial charge in [-0.15, -0.1) is 0 Å². The Morgan fingerprint density at radius 3 is 2.89 bits per heavy atom. The van der Waals surface area contributed by atoms with Crippen LogP contribution in [0.5, 0.6) is 0 Å². The van der Waals surface area contributed by atoms with Crippen LogP contribution in [-0.4, -0.2) is 61.6 Å². The molecule has 0 spiro atoms. The summed E-state index contributed by atoms with van der Waals surface area (Å²) in [6.45, 7) is 3.76. The summed E-state index contributed by atoms with van der Waals surface area (Å²) >= 11 is 0. The van der Waals surface area contributed by atoms with E-state index >= 15 is 0 Å². The Morgan fingerprint density at radius 1 is 1.30 bits per heavy atom. The van der Waals surface area contributed by atoms with Crippen LogP contribution in [0.2, 0.25) is 0 Å². The highest BCUT2D eigenvalue weighted by atomic mass is 16.5. The highest BCUT2D eigenvalue weighted by Gasteiger charge is 2.17. The highest BCUT2D eigenvalue weighted by molar-refractivity contribution is 5.95. The second-order valence-electron chi connectivity index (χ2n) is 6.79. The molecule has 27 heavy (non-hydrogen) atoms. The van der Waals surface area contributed by atoms with Crippen LogP contribution < -0.4 is 11.1 Å². The molecule has 0 radical (unpaired) electrons. The number of amides is 2. The lowest BCUT2D eigenvalue weighted by Crippen LogP contribution is -2.35. The van der Waals surface area contributed by atoms with Gasteiger partial charge in [-0.3, -0.25) is 14.6 Å². The van der Waals surface area contributed by atoms with Crippen LogP contribution in [0.4, 0.5) is 0 Å². The lowest BCUT2D eigenvalue weighted by atomic mass is 10.1. The third-order valence-corrected chi connectivity index (χ3v) is 4.56. The van der Waals surface area contributed by atoms with E-state index in [1.54, 1.807) is 24.3 Å². The molecule has 1 aliphatic heterocycles. The zero-order chi connectivity index (χ0) is 19.2. The maximum Gasteiger partial charge on any atom is 0.251 e. The number of likely N-dealkylation sites (N-methyl/N-ethyl adjacent to an activating group) is 1. The Morgan fingerprint density at radius 2 is 2.15 bits per heavy atom. The quantitative estimate of drug-likeness (QED) is 0.825. The molecule has 2 aromatic rings. The zero-order valence-corrected chi connectivity index (χ0v) is 15.4. The molecule has 2 amide bonds. The summed E-state index contributed by atoms with van der Waals surface area (Å²) in [4.78, 5) is 30.2. The number of hydrogen-bond acceptors (Lipinski definition) is 5. The first-order valence-corrected chi connectivity index (χ1v) is 8.93. The minimum Gasteiger partial charge on any atom is -0.380 e. The van der Waals surface area contributed by atoms with E-state index in [1.807, 2.05) is 12.1 Å². The van der Waals surface area contributed by atoms with E-state index in [4.69, 9.17) is 10.5 Å². The van der Waals surface area contributed by atoms with Gasteiger partial charge in [0.05, 0.1) is 24.5 Å². The van der Waals surface area contributed by atoms with Crippen LogP contribution in [-0.2, 0) is 4.74 Å². The van der Waals surface area contributed by atoms with Crippen LogP contribution in [0.15, 0.2) is 42.6 Å². The second kappa shape index (κ2) is 8.75. The summed E-state index contributed by atoms with van der Waals surface area (Å²) in [5, 5.41) is 2.99. The van der Waals surface area contributed by atoms with E-state index in [0.29, 0.717) is 30.0 Å². The molecule has 1 atom stereocenters. The topological polar surface area (TPSA) is 97.5 Å². The minimum atomic E-state index is -0.518. The number of benzene rings is 1. The summed E-state index contributed by atoms with van der Waals surface area (Å²) in [5.74, 6) is -0.375. The average Bonchev–Trinajstić information content (AvgIpc) is 2.90. The monoisotopic (exact) mass is 368 g/mol. The molecule has 0 saturated carbocycles. The smallest absolute Gasteiger partial charge is 0.251 e. The summed E-state index contributed by atoms with van der Waals surface area (Å²) in [5.41, 5.74) is 7.63. The number of ether oxygens (including phenoxy) is 1. The van der Waals surface area contributed by atoms with Crippen molar-refractivity contribution in [1.82, 2.24) is 15.2 Å². The standard InChI is InChI=1S/C20H24N4O3/c1-24-7-8-27-13-14(12-24)10-23-20(26)16-4-2-3-15(9-16)18-6-5-17(11-22-18)19(21)25/h2-6,9,11,14H,7-8,10,12-13H2,1H3,(H2,21,25)(H,23,26)/t14-/m0/s1. The summed E-state index contributed by atoms with van der Waals surface area (Å²) in [6, 6.07) is 10.6. The number of nitrogens with zero attached hydrogens (tertiary/aromatic N) is 2. The third kappa shape index (κ3) is 5.12. The van der Waals surface area contributed by atoms with E-state index in [9.17, 15) is 9.59 Å². The van der Waals surface area contributed by atoms with Crippen molar-refractivity contribution in [2.24, 2.45) is 11.7 Å². The number of carbonyl (C=O) groups is 2. The van der Waals surface area contributed by atoms with E-state index < -0.39 is 5.91 Å². The molecule has 0 bridgehead atoms. The van der Waals surface area contributed by atoms with Crippen molar-refractivity contribution >= 4 is 11.8 Å². The number of carbonyl (C=O) groups excluding carboxylic acids is 2. The molecule has 1 aromatic heterocycles. The Kier molecular flexibility index (Phi) is 6.16. The fourth-order valence-electron chi connectivity index (χ4n) is 3.05. The van der Waals surface area contributed by atoms with Gasteiger partial charge in [-0.25, -0.2) is 0 Å². The van der Waals surface area contributed by atoms with Crippen LogP contribution in [0.1, 0.15) is 20.7 Å². The van der Waals surface area contributed by atoms with Crippen LogP contribution in [0.25, 0.3) is 11.3 Å². The average molecular weight is 368 g/mol. The summed E-state index contributed by atoms with van der Waals surface area (Å²) < 4.78 is 5.58. The number of pyridine rings is 1. The van der Waals surface area contributed by atoms with Crippen LogP contribution in [0, 0.1) is 5.92 Å². The fourth-order valence-corrected chi connectivity index (χ4v) is 3.05. The van der Waals surface area contributed by atoms with Gasteiger partial charge in [-0.05, 0) is 31.3 Å². The lowest BCUT2D eigenvalue weighted by molar-refractivity contribution is 0.0920. The summed E-state index contributed by atoms with van der Waals surface area (Å²) in [7, 11) is 2.06. The summed E-state index contributed by atoms with van der Waals surface area (Å²) in [6.07, 6.45) is 1.44. The Bertz CT molecular complexity index is 807. The molecule has 2 heterocycles. The number of nitrogens with two attached hydrogens (primary N) is 1.